The van der Waals surface area contributed by atoms with Gasteiger partial charge in [-0.1, -0.05) is 6.92 Å². The van der Waals surface area contributed by atoms with Gasteiger partial charge in [0.1, 0.15) is 0 Å². The van der Waals surface area contributed by atoms with Crippen LogP contribution < -0.4 is 9.80 Å². The van der Waals surface area contributed by atoms with E-state index in [0.717, 1.165) is 44.0 Å². The van der Waals surface area contributed by atoms with Crippen LogP contribution in [0.15, 0.2) is 46.3 Å². The van der Waals surface area contributed by atoms with Crippen LogP contribution >= 0.6 is 11.8 Å². The molecule has 36 heavy (non-hydrogen) atoms. The van der Waals surface area contributed by atoms with Gasteiger partial charge in [-0.05, 0) is 104 Å². The molecule has 0 N–H and O–H groups in total. The van der Waals surface area contributed by atoms with Crippen molar-refractivity contribution in [3.63, 3.8) is 0 Å². The van der Waals surface area contributed by atoms with Crippen LogP contribution in [0.2, 0.25) is 0 Å². The number of anilines is 2. The number of fused-ring (bicyclic) bond motifs is 1. The standard InChI is InChI=1S/C29H36N4O2S/c1-19-15-25-24(20(2)18-29(3,4)32(25)6)16-21(19)17-26-27(34)31(5)28(36-26)30-22-7-9-23(10-8-22)33-11-13-35-14-12-33/h7-10,15-17,20H,11-14,18H2,1-6H3/b26-17-,30-28?/t20-/m1/s1. The minimum Gasteiger partial charge on any atom is -0.378 e. The maximum atomic E-state index is 13.1. The van der Waals surface area contributed by atoms with Crippen molar-refractivity contribution in [2.75, 3.05) is 50.2 Å². The number of aryl methyl sites for hydroxylation is 1. The number of carbonyl (C=O) groups excluding carboxylic acids is 1. The second-order valence-corrected chi connectivity index (χ2v) is 11.7. The van der Waals surface area contributed by atoms with Crippen molar-refractivity contribution >= 4 is 46.0 Å². The fourth-order valence-corrected chi connectivity index (χ4v) is 6.33. The predicted molar refractivity (Wildman–Crippen MR) is 152 cm³/mol. The lowest BCUT2D eigenvalue weighted by Crippen LogP contribution is -2.45. The number of hydrogen-bond acceptors (Lipinski definition) is 6. The Labute approximate surface area is 219 Å². The molecule has 2 fully saturated rings. The first-order valence-electron chi connectivity index (χ1n) is 12.7. The van der Waals surface area contributed by atoms with E-state index in [9.17, 15) is 4.79 Å². The number of benzene rings is 2. The highest BCUT2D eigenvalue weighted by molar-refractivity contribution is 8.18. The summed E-state index contributed by atoms with van der Waals surface area (Å²) in [6.07, 6.45) is 3.14. The molecule has 0 bridgehead atoms. The second kappa shape index (κ2) is 9.60. The quantitative estimate of drug-likeness (QED) is 0.496. The molecule has 6 nitrogen and oxygen atoms in total. The number of morpholine rings is 1. The summed E-state index contributed by atoms with van der Waals surface area (Å²) >= 11 is 1.45. The smallest absolute Gasteiger partial charge is 0.266 e. The van der Waals surface area contributed by atoms with Crippen LogP contribution in [0.3, 0.4) is 0 Å². The molecule has 2 aromatic rings. The number of carbonyl (C=O) groups is 1. The maximum Gasteiger partial charge on any atom is 0.266 e. The van der Waals surface area contributed by atoms with Gasteiger partial charge in [0, 0.05) is 44.1 Å². The fraction of sp³-hybridized carbons (Fsp3) is 0.448. The first kappa shape index (κ1) is 24.9. The number of likely N-dealkylation sites (N-methyl/N-ethyl adjacent to an activating group) is 1. The van der Waals surface area contributed by atoms with E-state index in [1.807, 2.05) is 18.2 Å². The largest absolute Gasteiger partial charge is 0.378 e. The van der Waals surface area contributed by atoms with Gasteiger partial charge in [-0.15, -0.1) is 0 Å². The molecule has 2 saturated heterocycles. The Morgan fingerprint density at radius 1 is 1.11 bits per heavy atom. The highest BCUT2D eigenvalue weighted by atomic mass is 32.2. The fourth-order valence-electron chi connectivity index (χ4n) is 5.35. The van der Waals surface area contributed by atoms with Crippen molar-refractivity contribution in [2.45, 2.75) is 45.6 Å². The minimum atomic E-state index is -0.00731. The van der Waals surface area contributed by atoms with Gasteiger partial charge in [0.2, 0.25) is 0 Å². The molecular formula is C29H36N4O2S. The zero-order valence-corrected chi connectivity index (χ0v) is 23.0. The molecule has 1 atom stereocenters. The van der Waals surface area contributed by atoms with Crippen LogP contribution in [0.4, 0.5) is 17.1 Å². The summed E-state index contributed by atoms with van der Waals surface area (Å²) < 4.78 is 5.45. The SMILES string of the molecule is Cc1cc2c(cc1/C=C1\SC(=Nc3ccc(N4CCOCC4)cc3)N(C)C1=O)[C@H](C)CC(C)(C)N2C. The van der Waals surface area contributed by atoms with Gasteiger partial charge >= 0.3 is 0 Å². The maximum absolute atomic E-state index is 13.1. The average Bonchev–Trinajstić information content (AvgIpc) is 3.12. The first-order valence-corrected chi connectivity index (χ1v) is 13.5. The molecule has 1 amide bonds. The first-order chi connectivity index (χ1) is 17.1. The molecule has 0 radical (unpaired) electrons. The molecule has 2 aromatic carbocycles. The summed E-state index contributed by atoms with van der Waals surface area (Å²) in [4.78, 5) is 25.0. The molecule has 0 unspecified atom stereocenters. The van der Waals surface area contributed by atoms with Gasteiger partial charge in [-0.2, -0.15) is 0 Å². The van der Waals surface area contributed by atoms with Crippen LogP contribution in [-0.2, 0) is 9.53 Å². The van der Waals surface area contributed by atoms with Gasteiger partial charge in [0.25, 0.3) is 5.91 Å². The number of rotatable bonds is 3. The molecule has 3 heterocycles. The van der Waals surface area contributed by atoms with E-state index in [2.05, 4.69) is 68.8 Å². The topological polar surface area (TPSA) is 48.4 Å². The van der Waals surface area contributed by atoms with E-state index in [-0.39, 0.29) is 11.4 Å². The van der Waals surface area contributed by atoms with Gasteiger partial charge in [-0.25, -0.2) is 4.99 Å². The molecule has 3 aliphatic heterocycles. The summed E-state index contributed by atoms with van der Waals surface area (Å²) in [5.74, 6) is 0.461. The summed E-state index contributed by atoms with van der Waals surface area (Å²) in [7, 11) is 3.99. The number of ether oxygens (including phenoxy) is 1. The molecule has 0 aliphatic carbocycles. The van der Waals surface area contributed by atoms with E-state index < -0.39 is 0 Å². The Balaban J connectivity index is 1.39. The summed E-state index contributed by atoms with van der Waals surface area (Å²) in [6.45, 7) is 12.4. The lowest BCUT2D eigenvalue weighted by Gasteiger charge is -2.45. The Morgan fingerprint density at radius 2 is 1.81 bits per heavy atom. The van der Waals surface area contributed by atoms with Gasteiger partial charge < -0.3 is 14.5 Å². The lowest BCUT2D eigenvalue weighted by atomic mass is 9.79. The van der Waals surface area contributed by atoms with Crippen LogP contribution in [0.25, 0.3) is 6.08 Å². The van der Waals surface area contributed by atoms with Gasteiger partial charge in [0.15, 0.2) is 5.17 Å². The number of hydrogen-bond donors (Lipinski definition) is 0. The Hall–Kier alpha value is -2.77. The van der Waals surface area contributed by atoms with Crippen LogP contribution in [0.1, 0.15) is 49.8 Å². The third-order valence-electron chi connectivity index (χ3n) is 7.76. The average molecular weight is 505 g/mol. The van der Waals surface area contributed by atoms with Gasteiger partial charge in [-0.3, -0.25) is 9.69 Å². The van der Waals surface area contributed by atoms with Crippen molar-refractivity contribution in [3.05, 3.63) is 58.0 Å². The summed E-state index contributed by atoms with van der Waals surface area (Å²) in [5.41, 5.74) is 7.09. The van der Waals surface area contributed by atoms with Crippen LogP contribution in [0, 0.1) is 6.92 Å². The molecule has 190 valence electrons. The lowest BCUT2D eigenvalue weighted by molar-refractivity contribution is -0.121. The molecule has 0 aromatic heterocycles. The monoisotopic (exact) mass is 504 g/mol. The molecule has 5 rings (SSSR count). The molecule has 0 spiro atoms. The highest BCUT2D eigenvalue weighted by Crippen LogP contribution is 2.44. The third-order valence-corrected chi connectivity index (χ3v) is 8.82. The van der Waals surface area contributed by atoms with E-state index in [1.54, 1.807) is 11.9 Å². The van der Waals surface area contributed by atoms with Crippen molar-refractivity contribution in [3.8, 4) is 0 Å². The second-order valence-electron chi connectivity index (χ2n) is 10.7. The zero-order chi connectivity index (χ0) is 25.6. The van der Waals surface area contributed by atoms with Crippen molar-refractivity contribution in [1.82, 2.24) is 4.90 Å². The van der Waals surface area contributed by atoms with E-state index >= 15 is 0 Å². The summed E-state index contributed by atoms with van der Waals surface area (Å²) in [5, 5.41) is 0.704. The predicted octanol–water partition coefficient (Wildman–Crippen LogP) is 5.79. The molecule has 7 heteroatoms. The number of amidine groups is 1. The van der Waals surface area contributed by atoms with Crippen molar-refractivity contribution < 1.29 is 9.53 Å². The number of amides is 1. The molecule has 0 saturated carbocycles. The van der Waals surface area contributed by atoms with Crippen LogP contribution in [0.5, 0.6) is 0 Å². The van der Waals surface area contributed by atoms with Crippen molar-refractivity contribution in [1.29, 1.82) is 0 Å². The Morgan fingerprint density at radius 3 is 2.50 bits per heavy atom. The number of aliphatic imine (C=N–C) groups is 1. The highest BCUT2D eigenvalue weighted by Gasteiger charge is 2.35. The Kier molecular flexibility index (Phi) is 6.64. The molecule has 3 aliphatic rings. The number of thioether (sulfide) groups is 1. The van der Waals surface area contributed by atoms with E-state index in [0.29, 0.717) is 16.0 Å². The van der Waals surface area contributed by atoms with Gasteiger partial charge in [0.05, 0.1) is 23.8 Å². The Bertz CT molecular complexity index is 1230. The van der Waals surface area contributed by atoms with Crippen LogP contribution in [-0.4, -0.2) is 61.9 Å². The minimum absolute atomic E-state index is 0.00731. The zero-order valence-electron chi connectivity index (χ0n) is 22.2. The molecular weight excluding hydrogens is 468 g/mol. The van der Waals surface area contributed by atoms with Crippen molar-refractivity contribution in [2.24, 2.45) is 4.99 Å². The van der Waals surface area contributed by atoms with E-state index in [4.69, 9.17) is 9.73 Å². The third kappa shape index (κ3) is 4.66. The number of nitrogens with zero attached hydrogens (tertiary/aromatic N) is 4. The normalized spacial score (nSPS) is 24.1. The summed E-state index contributed by atoms with van der Waals surface area (Å²) in [6, 6.07) is 12.8. The van der Waals surface area contributed by atoms with E-state index in [1.165, 1.54) is 34.3 Å².